The third-order valence-corrected chi connectivity index (χ3v) is 3.70. The van der Waals surface area contributed by atoms with Crippen LogP contribution in [0.2, 0.25) is 0 Å². The Kier molecular flexibility index (Phi) is 3.53. The topological polar surface area (TPSA) is 0 Å². The van der Waals surface area contributed by atoms with Gasteiger partial charge < -0.3 is 0 Å². The molecule has 0 radical (unpaired) electrons. The van der Waals surface area contributed by atoms with Gasteiger partial charge in [-0.05, 0) is 55.5 Å². The molecule has 0 amide bonds. The maximum Gasteiger partial charge on any atom is 0.0320 e. The van der Waals surface area contributed by atoms with E-state index in [1.807, 2.05) is 12.1 Å². The molecule has 0 aliphatic heterocycles. The van der Waals surface area contributed by atoms with Crippen molar-refractivity contribution < 1.29 is 0 Å². The molecule has 0 aromatic heterocycles. The minimum absolute atomic E-state index is 0.411. The molecule has 2 heteroatoms. The average molecular weight is 290 g/mol. The number of hydrogen-bond donors (Lipinski definition) is 0. The van der Waals surface area contributed by atoms with Gasteiger partial charge in [-0.2, -0.15) is 0 Å². The first-order valence-electron chi connectivity index (χ1n) is 3.72. The van der Waals surface area contributed by atoms with Crippen LogP contribution in [0.5, 0.6) is 0 Å². The SMILES string of the molecule is C=CC(C)c1ccc(Br)c(Br)c1. The second-order valence-electron chi connectivity index (χ2n) is 2.70. The van der Waals surface area contributed by atoms with Gasteiger partial charge in [0.1, 0.15) is 0 Å². The van der Waals surface area contributed by atoms with Crippen molar-refractivity contribution in [1.82, 2.24) is 0 Å². The van der Waals surface area contributed by atoms with Gasteiger partial charge >= 0.3 is 0 Å². The van der Waals surface area contributed by atoms with Crippen molar-refractivity contribution >= 4 is 31.9 Å². The number of rotatable bonds is 2. The highest BCUT2D eigenvalue weighted by Crippen LogP contribution is 2.27. The van der Waals surface area contributed by atoms with E-state index in [4.69, 9.17) is 0 Å². The van der Waals surface area contributed by atoms with E-state index < -0.39 is 0 Å². The van der Waals surface area contributed by atoms with Crippen LogP contribution < -0.4 is 0 Å². The zero-order valence-corrected chi connectivity index (χ0v) is 10.0. The summed E-state index contributed by atoms with van der Waals surface area (Å²) < 4.78 is 2.18. The van der Waals surface area contributed by atoms with Crippen LogP contribution in [-0.2, 0) is 0 Å². The first kappa shape index (κ1) is 10.0. The molecule has 0 spiro atoms. The lowest BCUT2D eigenvalue weighted by Crippen LogP contribution is -1.87. The summed E-state index contributed by atoms with van der Waals surface area (Å²) in [5.74, 6) is 0.411. The highest BCUT2D eigenvalue weighted by molar-refractivity contribution is 9.13. The first-order chi connectivity index (χ1) is 5.65. The normalized spacial score (nSPS) is 12.6. The van der Waals surface area contributed by atoms with Crippen LogP contribution in [0.1, 0.15) is 18.4 Å². The van der Waals surface area contributed by atoms with Gasteiger partial charge in [0, 0.05) is 8.95 Å². The molecule has 0 fully saturated rings. The highest BCUT2D eigenvalue weighted by Gasteiger charge is 2.02. The molecule has 0 saturated carbocycles. The van der Waals surface area contributed by atoms with Crippen molar-refractivity contribution in [3.05, 3.63) is 45.4 Å². The van der Waals surface area contributed by atoms with Crippen molar-refractivity contribution in [1.29, 1.82) is 0 Å². The van der Waals surface area contributed by atoms with Crippen LogP contribution in [0.15, 0.2) is 39.8 Å². The van der Waals surface area contributed by atoms with E-state index in [9.17, 15) is 0 Å². The Bertz CT molecular complexity index is 292. The summed E-state index contributed by atoms with van der Waals surface area (Å²) in [5, 5.41) is 0. The van der Waals surface area contributed by atoms with Crippen molar-refractivity contribution in [2.75, 3.05) is 0 Å². The van der Waals surface area contributed by atoms with E-state index in [0.717, 1.165) is 8.95 Å². The summed E-state index contributed by atoms with van der Waals surface area (Å²) in [6, 6.07) is 6.25. The maximum atomic E-state index is 3.76. The summed E-state index contributed by atoms with van der Waals surface area (Å²) in [7, 11) is 0. The quantitative estimate of drug-likeness (QED) is 0.703. The Balaban J connectivity index is 3.04. The molecule has 0 aliphatic rings. The predicted octanol–water partition coefficient (Wildman–Crippen LogP) is 4.50. The van der Waals surface area contributed by atoms with Crippen LogP contribution in [0, 0.1) is 0 Å². The smallest absolute Gasteiger partial charge is 0.0320 e. The van der Waals surface area contributed by atoms with Crippen LogP contribution in [0.4, 0.5) is 0 Å². The Labute approximate surface area is 89.9 Å². The molecule has 0 heterocycles. The van der Waals surface area contributed by atoms with Crippen molar-refractivity contribution in [2.24, 2.45) is 0 Å². The lowest BCUT2D eigenvalue weighted by molar-refractivity contribution is 0.969. The molecule has 1 rings (SSSR count). The van der Waals surface area contributed by atoms with Gasteiger partial charge in [0.05, 0.1) is 0 Å². The number of halogens is 2. The summed E-state index contributed by atoms with van der Waals surface area (Å²) in [6.45, 7) is 5.89. The minimum Gasteiger partial charge on any atom is -0.102 e. The molecule has 0 bridgehead atoms. The zero-order chi connectivity index (χ0) is 9.14. The van der Waals surface area contributed by atoms with Gasteiger partial charge in [-0.3, -0.25) is 0 Å². The van der Waals surface area contributed by atoms with Crippen molar-refractivity contribution in [2.45, 2.75) is 12.8 Å². The Morgan fingerprint density at radius 1 is 1.33 bits per heavy atom. The standard InChI is InChI=1S/C10H10Br2/c1-3-7(2)8-4-5-9(11)10(12)6-8/h3-7H,1H2,2H3. The first-order valence-corrected chi connectivity index (χ1v) is 5.31. The van der Waals surface area contributed by atoms with E-state index >= 15 is 0 Å². The molecule has 0 aliphatic carbocycles. The van der Waals surface area contributed by atoms with E-state index in [-0.39, 0.29) is 0 Å². The number of allylic oxidation sites excluding steroid dienone is 1. The van der Waals surface area contributed by atoms with Gasteiger partial charge in [-0.1, -0.05) is 19.1 Å². The van der Waals surface area contributed by atoms with Crippen molar-refractivity contribution in [3.8, 4) is 0 Å². The van der Waals surface area contributed by atoms with Gasteiger partial charge in [0.15, 0.2) is 0 Å². The van der Waals surface area contributed by atoms with Gasteiger partial charge in [0.25, 0.3) is 0 Å². The Morgan fingerprint density at radius 2 is 2.00 bits per heavy atom. The molecule has 0 nitrogen and oxygen atoms in total. The van der Waals surface area contributed by atoms with Gasteiger partial charge in [0.2, 0.25) is 0 Å². The predicted molar refractivity (Wildman–Crippen MR) is 60.5 cm³/mol. The summed E-state index contributed by atoms with van der Waals surface area (Å²) in [5.41, 5.74) is 1.28. The van der Waals surface area contributed by atoms with Crippen LogP contribution >= 0.6 is 31.9 Å². The highest BCUT2D eigenvalue weighted by atomic mass is 79.9. The van der Waals surface area contributed by atoms with E-state index in [1.165, 1.54) is 5.56 Å². The molecule has 1 aromatic carbocycles. The molecular weight excluding hydrogens is 280 g/mol. The third kappa shape index (κ3) is 2.20. The molecule has 64 valence electrons. The summed E-state index contributed by atoms with van der Waals surface area (Å²) >= 11 is 6.89. The monoisotopic (exact) mass is 288 g/mol. The fourth-order valence-electron chi connectivity index (χ4n) is 0.932. The zero-order valence-electron chi connectivity index (χ0n) is 6.85. The molecule has 1 atom stereocenters. The molecule has 0 N–H and O–H groups in total. The van der Waals surface area contributed by atoms with Gasteiger partial charge in [-0.15, -0.1) is 6.58 Å². The Hall–Kier alpha value is -0.0800. The van der Waals surface area contributed by atoms with Gasteiger partial charge in [-0.25, -0.2) is 0 Å². The lowest BCUT2D eigenvalue weighted by atomic mass is 10.0. The molecule has 1 aromatic rings. The average Bonchev–Trinajstić information content (AvgIpc) is 2.08. The number of hydrogen-bond acceptors (Lipinski definition) is 0. The number of benzene rings is 1. The Morgan fingerprint density at radius 3 is 2.50 bits per heavy atom. The van der Waals surface area contributed by atoms with E-state index in [1.54, 1.807) is 0 Å². The summed E-state index contributed by atoms with van der Waals surface area (Å²) in [4.78, 5) is 0. The second kappa shape index (κ2) is 4.24. The van der Waals surface area contributed by atoms with Crippen LogP contribution in [0.25, 0.3) is 0 Å². The molecule has 12 heavy (non-hydrogen) atoms. The fourth-order valence-corrected chi connectivity index (χ4v) is 1.57. The second-order valence-corrected chi connectivity index (χ2v) is 4.41. The van der Waals surface area contributed by atoms with Crippen LogP contribution in [0.3, 0.4) is 0 Å². The van der Waals surface area contributed by atoms with Crippen LogP contribution in [-0.4, -0.2) is 0 Å². The van der Waals surface area contributed by atoms with E-state index in [2.05, 4.69) is 57.5 Å². The molecule has 0 saturated heterocycles. The fraction of sp³-hybridized carbons (Fsp3) is 0.200. The summed E-state index contributed by atoms with van der Waals surface area (Å²) in [6.07, 6.45) is 1.94. The minimum atomic E-state index is 0.411. The largest absolute Gasteiger partial charge is 0.102 e. The lowest BCUT2D eigenvalue weighted by Gasteiger charge is -2.06. The third-order valence-electron chi connectivity index (χ3n) is 1.82. The van der Waals surface area contributed by atoms with E-state index in [0.29, 0.717) is 5.92 Å². The molecular formula is C10H10Br2. The molecule has 1 unspecified atom stereocenters. The maximum absolute atomic E-state index is 3.76. The van der Waals surface area contributed by atoms with Crippen molar-refractivity contribution in [3.63, 3.8) is 0 Å².